The van der Waals surface area contributed by atoms with Crippen LogP contribution in [0.2, 0.25) is 0 Å². The van der Waals surface area contributed by atoms with Crippen LogP contribution in [0.1, 0.15) is 97.3 Å². The molecule has 0 aliphatic heterocycles. The average molecular weight is 264 g/mol. The highest BCUT2D eigenvalue weighted by molar-refractivity contribution is 4.82. The third-order valence-electron chi connectivity index (χ3n) is 6.20. The minimum Gasteiger partial charge on any atom is -0.0651 e. The lowest BCUT2D eigenvalue weighted by atomic mass is 9.67. The van der Waals surface area contributed by atoms with E-state index in [4.69, 9.17) is 0 Å². The molecule has 0 nitrogen and oxygen atoms in total. The van der Waals surface area contributed by atoms with Crippen LogP contribution in [0.4, 0.5) is 0 Å². The van der Waals surface area contributed by atoms with Crippen LogP contribution in [0.25, 0.3) is 0 Å². The molecule has 1 unspecified atom stereocenters. The predicted molar refractivity (Wildman–Crippen MR) is 85.3 cm³/mol. The molecule has 0 aromatic rings. The summed E-state index contributed by atoms with van der Waals surface area (Å²) < 4.78 is 0. The molecule has 19 heavy (non-hydrogen) atoms. The molecule has 0 amide bonds. The van der Waals surface area contributed by atoms with Crippen LogP contribution in [0.5, 0.6) is 0 Å². The molecule has 0 spiro atoms. The van der Waals surface area contributed by atoms with Crippen molar-refractivity contribution in [2.45, 2.75) is 97.3 Å². The maximum Gasteiger partial charge on any atom is -0.0357 e. The first-order valence-corrected chi connectivity index (χ1v) is 9.31. The molecule has 0 aromatic heterocycles. The van der Waals surface area contributed by atoms with Gasteiger partial charge in [-0.05, 0) is 30.1 Å². The zero-order valence-electron chi connectivity index (χ0n) is 13.5. The van der Waals surface area contributed by atoms with E-state index in [1.165, 1.54) is 51.4 Å². The lowest BCUT2D eigenvalue weighted by molar-refractivity contribution is 0.127. The van der Waals surface area contributed by atoms with Gasteiger partial charge in [0.2, 0.25) is 0 Å². The lowest BCUT2D eigenvalue weighted by Gasteiger charge is -2.38. The third-order valence-corrected chi connectivity index (χ3v) is 6.20. The molecule has 1 atom stereocenters. The van der Waals surface area contributed by atoms with Gasteiger partial charge >= 0.3 is 0 Å². The summed E-state index contributed by atoms with van der Waals surface area (Å²) in [7, 11) is 0. The van der Waals surface area contributed by atoms with Gasteiger partial charge in [0.15, 0.2) is 0 Å². The van der Waals surface area contributed by atoms with Gasteiger partial charge in [0.05, 0.1) is 0 Å². The second kappa shape index (κ2) is 8.32. The van der Waals surface area contributed by atoms with Crippen molar-refractivity contribution >= 4 is 0 Å². The van der Waals surface area contributed by atoms with Crippen LogP contribution in [0, 0.1) is 23.7 Å². The topological polar surface area (TPSA) is 0 Å². The Balaban J connectivity index is 1.90. The summed E-state index contributed by atoms with van der Waals surface area (Å²) in [4.78, 5) is 0. The van der Waals surface area contributed by atoms with Crippen LogP contribution in [-0.4, -0.2) is 0 Å². The largest absolute Gasteiger partial charge is 0.0651 e. The highest BCUT2D eigenvalue weighted by Gasteiger charge is 2.31. The van der Waals surface area contributed by atoms with Crippen molar-refractivity contribution in [3.63, 3.8) is 0 Å². The maximum atomic E-state index is 2.46. The average Bonchev–Trinajstić information content (AvgIpc) is 2.49. The highest BCUT2D eigenvalue weighted by Crippen LogP contribution is 2.42. The van der Waals surface area contributed by atoms with Crippen LogP contribution in [0.3, 0.4) is 0 Å². The molecular formula is C19H36. The fourth-order valence-electron chi connectivity index (χ4n) is 4.66. The molecule has 112 valence electrons. The van der Waals surface area contributed by atoms with E-state index in [1.807, 2.05) is 0 Å². The van der Waals surface area contributed by atoms with E-state index in [0.29, 0.717) is 0 Å². The molecule has 2 saturated carbocycles. The molecule has 0 bridgehead atoms. The first-order chi connectivity index (χ1) is 9.31. The predicted octanol–water partition coefficient (Wildman–Crippen LogP) is 6.59. The number of hydrogen-bond donors (Lipinski definition) is 0. The number of rotatable bonds is 6. The van der Waals surface area contributed by atoms with Gasteiger partial charge < -0.3 is 0 Å². The second-order valence-corrected chi connectivity index (χ2v) is 7.55. The molecule has 2 fully saturated rings. The molecule has 2 rings (SSSR count). The van der Waals surface area contributed by atoms with Crippen LogP contribution < -0.4 is 0 Å². The van der Waals surface area contributed by atoms with Gasteiger partial charge in [-0.3, -0.25) is 0 Å². The van der Waals surface area contributed by atoms with Gasteiger partial charge in [0.25, 0.3) is 0 Å². The van der Waals surface area contributed by atoms with Crippen LogP contribution in [0.15, 0.2) is 0 Å². The fraction of sp³-hybridized carbons (Fsp3) is 1.00. The Morgan fingerprint density at radius 3 is 1.63 bits per heavy atom. The summed E-state index contributed by atoms with van der Waals surface area (Å²) in [6.07, 6.45) is 19.8. The van der Waals surface area contributed by atoms with E-state index < -0.39 is 0 Å². The molecule has 0 heteroatoms. The normalized spacial score (nSPS) is 24.8. The molecule has 0 saturated heterocycles. The third kappa shape index (κ3) is 4.80. The summed E-state index contributed by atoms with van der Waals surface area (Å²) in [6.45, 7) is 4.82. The van der Waals surface area contributed by atoms with E-state index in [2.05, 4.69) is 13.8 Å². The van der Waals surface area contributed by atoms with Gasteiger partial charge in [-0.1, -0.05) is 90.9 Å². The van der Waals surface area contributed by atoms with Crippen molar-refractivity contribution in [2.24, 2.45) is 23.7 Å². The first kappa shape index (κ1) is 15.4. The monoisotopic (exact) mass is 264 g/mol. The minimum atomic E-state index is 0.953. The Bertz CT molecular complexity index is 202. The Kier molecular flexibility index (Phi) is 6.74. The zero-order chi connectivity index (χ0) is 13.5. The number of hydrogen-bond acceptors (Lipinski definition) is 0. The standard InChI is InChI=1S/C19H36/c1-3-16(2)14-15-19(17-10-6-4-7-11-17)18-12-8-5-9-13-18/h16-19H,3-15H2,1-2H3. The minimum absolute atomic E-state index is 0.953. The van der Waals surface area contributed by atoms with E-state index in [1.54, 1.807) is 32.1 Å². The van der Waals surface area contributed by atoms with Gasteiger partial charge in [-0.25, -0.2) is 0 Å². The summed E-state index contributed by atoms with van der Waals surface area (Å²) in [6, 6.07) is 0. The van der Waals surface area contributed by atoms with Gasteiger partial charge in [-0.15, -0.1) is 0 Å². The van der Waals surface area contributed by atoms with Gasteiger partial charge in [-0.2, -0.15) is 0 Å². The molecular weight excluding hydrogens is 228 g/mol. The molecule has 0 heterocycles. The Labute approximate surface area is 121 Å². The van der Waals surface area contributed by atoms with E-state index in [9.17, 15) is 0 Å². The van der Waals surface area contributed by atoms with Gasteiger partial charge in [0, 0.05) is 0 Å². The van der Waals surface area contributed by atoms with Crippen molar-refractivity contribution in [1.29, 1.82) is 0 Å². The Morgan fingerprint density at radius 2 is 1.21 bits per heavy atom. The van der Waals surface area contributed by atoms with Crippen LogP contribution >= 0.6 is 0 Å². The van der Waals surface area contributed by atoms with E-state index >= 15 is 0 Å². The van der Waals surface area contributed by atoms with Crippen molar-refractivity contribution < 1.29 is 0 Å². The Morgan fingerprint density at radius 1 is 0.737 bits per heavy atom. The van der Waals surface area contributed by atoms with E-state index in [-0.39, 0.29) is 0 Å². The summed E-state index contributed by atoms with van der Waals surface area (Å²) in [5, 5.41) is 0. The lowest BCUT2D eigenvalue weighted by Crippen LogP contribution is -2.27. The summed E-state index contributed by atoms with van der Waals surface area (Å²) >= 11 is 0. The Hall–Kier alpha value is 0. The molecule has 2 aliphatic rings. The first-order valence-electron chi connectivity index (χ1n) is 9.31. The van der Waals surface area contributed by atoms with Crippen LogP contribution in [-0.2, 0) is 0 Å². The van der Waals surface area contributed by atoms with Crippen molar-refractivity contribution in [3.8, 4) is 0 Å². The summed E-state index contributed by atoms with van der Waals surface area (Å²) in [5.74, 6) is 4.24. The van der Waals surface area contributed by atoms with Crippen molar-refractivity contribution in [3.05, 3.63) is 0 Å². The quantitative estimate of drug-likeness (QED) is 0.507. The molecule has 0 radical (unpaired) electrons. The fourth-order valence-corrected chi connectivity index (χ4v) is 4.66. The van der Waals surface area contributed by atoms with E-state index in [0.717, 1.165) is 23.7 Å². The van der Waals surface area contributed by atoms with Crippen molar-refractivity contribution in [2.75, 3.05) is 0 Å². The molecule has 0 aromatic carbocycles. The van der Waals surface area contributed by atoms with Gasteiger partial charge in [0.1, 0.15) is 0 Å². The molecule has 2 aliphatic carbocycles. The highest BCUT2D eigenvalue weighted by atomic mass is 14.4. The van der Waals surface area contributed by atoms with Crippen molar-refractivity contribution in [1.82, 2.24) is 0 Å². The maximum absolute atomic E-state index is 2.46. The molecule has 0 N–H and O–H groups in total. The summed E-state index contributed by atoms with van der Waals surface area (Å²) in [5.41, 5.74) is 0. The SMILES string of the molecule is CCC(C)CCC(C1CCCCC1)C1CCCCC1. The second-order valence-electron chi connectivity index (χ2n) is 7.55. The zero-order valence-corrected chi connectivity index (χ0v) is 13.5. The smallest absolute Gasteiger partial charge is 0.0357 e.